The Hall–Kier alpha value is -1.37. The Kier molecular flexibility index (Phi) is 4.57. The first kappa shape index (κ1) is 14.0. The Morgan fingerprint density at radius 3 is 2.74 bits per heavy atom. The molecule has 1 aromatic heterocycles. The first-order chi connectivity index (χ1) is 9.10. The summed E-state index contributed by atoms with van der Waals surface area (Å²) in [5, 5.41) is 0.467. The lowest BCUT2D eigenvalue weighted by Gasteiger charge is -2.07. The number of nitrogen functional groups attached to an aromatic ring is 1. The number of halogens is 3. The zero-order chi connectivity index (χ0) is 13.8. The molecular formula is C12H10ClF2N3S. The van der Waals surface area contributed by atoms with Gasteiger partial charge in [-0.15, -0.1) is 11.8 Å². The third-order valence-corrected chi connectivity index (χ3v) is 3.73. The van der Waals surface area contributed by atoms with Crippen LogP contribution in [0.25, 0.3) is 0 Å². The molecule has 2 rings (SSSR count). The topological polar surface area (TPSA) is 50.9 Å². The van der Waals surface area contributed by atoms with Crippen LogP contribution >= 0.6 is 23.4 Å². The summed E-state index contributed by atoms with van der Waals surface area (Å²) in [6, 6.07) is 6.72. The maximum Gasteiger partial charge on any atom is 0.140 e. The monoisotopic (exact) mass is 301 g/mol. The number of pyridine rings is 1. The van der Waals surface area contributed by atoms with Crippen LogP contribution in [0, 0.1) is 11.6 Å². The fourth-order valence-electron chi connectivity index (χ4n) is 1.40. The van der Waals surface area contributed by atoms with Crippen LogP contribution in [0.3, 0.4) is 0 Å². The van der Waals surface area contributed by atoms with Gasteiger partial charge < -0.3 is 5.43 Å². The lowest BCUT2D eigenvalue weighted by atomic mass is 10.3. The van der Waals surface area contributed by atoms with Gasteiger partial charge in [0.1, 0.15) is 17.5 Å². The van der Waals surface area contributed by atoms with Crippen molar-refractivity contribution in [2.24, 2.45) is 5.84 Å². The van der Waals surface area contributed by atoms with E-state index in [4.69, 9.17) is 17.4 Å². The van der Waals surface area contributed by atoms with Crippen molar-refractivity contribution >= 4 is 29.2 Å². The molecular weight excluding hydrogens is 292 g/mol. The van der Waals surface area contributed by atoms with E-state index in [1.807, 2.05) is 0 Å². The van der Waals surface area contributed by atoms with Gasteiger partial charge in [0.15, 0.2) is 0 Å². The van der Waals surface area contributed by atoms with E-state index >= 15 is 0 Å². The highest BCUT2D eigenvalue weighted by molar-refractivity contribution is 7.98. The van der Waals surface area contributed by atoms with Crippen molar-refractivity contribution in [3.05, 3.63) is 52.7 Å². The number of nitrogens with zero attached hydrogens (tertiary/aromatic N) is 1. The molecule has 0 saturated heterocycles. The molecule has 0 amide bonds. The molecule has 0 aliphatic carbocycles. The van der Waals surface area contributed by atoms with Gasteiger partial charge in [0.25, 0.3) is 0 Å². The Bertz CT molecular complexity index is 595. The summed E-state index contributed by atoms with van der Waals surface area (Å²) in [6.45, 7) is 0. The lowest BCUT2D eigenvalue weighted by molar-refractivity contribution is 0.565. The summed E-state index contributed by atoms with van der Waals surface area (Å²) < 4.78 is 26.2. The molecule has 0 spiro atoms. The second kappa shape index (κ2) is 6.18. The highest BCUT2D eigenvalue weighted by atomic mass is 35.5. The number of benzene rings is 1. The Morgan fingerprint density at radius 2 is 2.05 bits per heavy atom. The van der Waals surface area contributed by atoms with Gasteiger partial charge in [-0.2, -0.15) is 0 Å². The van der Waals surface area contributed by atoms with Crippen molar-refractivity contribution in [1.29, 1.82) is 0 Å². The molecule has 1 aromatic carbocycles. The third-order valence-electron chi connectivity index (χ3n) is 2.32. The maximum absolute atomic E-state index is 13.5. The molecule has 1 heterocycles. The van der Waals surface area contributed by atoms with Gasteiger partial charge in [0.2, 0.25) is 0 Å². The molecule has 0 atom stereocenters. The molecule has 19 heavy (non-hydrogen) atoms. The molecule has 0 aliphatic heterocycles. The number of nitrogens with two attached hydrogens (primary N) is 1. The number of hydrogen-bond donors (Lipinski definition) is 2. The summed E-state index contributed by atoms with van der Waals surface area (Å²) in [7, 11) is 0. The second-order valence-electron chi connectivity index (χ2n) is 3.63. The minimum Gasteiger partial charge on any atom is -0.308 e. The fraction of sp³-hybridized carbons (Fsp3) is 0.0833. The van der Waals surface area contributed by atoms with E-state index in [-0.39, 0.29) is 0 Å². The van der Waals surface area contributed by atoms with Gasteiger partial charge in [0.05, 0.1) is 10.7 Å². The zero-order valence-electron chi connectivity index (χ0n) is 9.66. The minimum atomic E-state index is -0.604. The largest absolute Gasteiger partial charge is 0.308 e. The van der Waals surface area contributed by atoms with E-state index < -0.39 is 11.6 Å². The van der Waals surface area contributed by atoms with E-state index in [9.17, 15) is 8.78 Å². The first-order valence-corrected chi connectivity index (χ1v) is 6.66. The quantitative estimate of drug-likeness (QED) is 0.515. The van der Waals surface area contributed by atoms with E-state index in [0.29, 0.717) is 27.2 Å². The molecule has 2 aromatic rings. The number of nitrogens with one attached hydrogen (secondary N) is 1. The SMILES string of the molecule is NNc1ccc(Cl)c(CSc2ccc(F)cc2F)n1. The van der Waals surface area contributed by atoms with Crippen LogP contribution in [0.15, 0.2) is 35.2 Å². The van der Waals surface area contributed by atoms with Gasteiger partial charge in [-0.3, -0.25) is 0 Å². The molecule has 0 saturated carbocycles. The van der Waals surface area contributed by atoms with Crippen molar-refractivity contribution in [2.45, 2.75) is 10.6 Å². The first-order valence-electron chi connectivity index (χ1n) is 5.30. The summed E-state index contributed by atoms with van der Waals surface area (Å²) in [5.41, 5.74) is 2.98. The summed E-state index contributed by atoms with van der Waals surface area (Å²) in [4.78, 5) is 4.51. The third kappa shape index (κ3) is 3.56. The minimum absolute atomic E-state index is 0.338. The smallest absolute Gasteiger partial charge is 0.140 e. The van der Waals surface area contributed by atoms with Crippen molar-refractivity contribution in [2.75, 3.05) is 5.43 Å². The molecule has 3 N–H and O–H groups in total. The Balaban J connectivity index is 2.14. The Labute approximate surface area is 118 Å². The van der Waals surface area contributed by atoms with Crippen molar-refractivity contribution in [3.63, 3.8) is 0 Å². The predicted octanol–water partition coefficient (Wildman–Crippen LogP) is 3.59. The molecule has 0 radical (unpaired) electrons. The van der Waals surface area contributed by atoms with Crippen molar-refractivity contribution < 1.29 is 8.78 Å². The summed E-state index contributed by atoms with van der Waals surface area (Å²) in [6.07, 6.45) is 0. The van der Waals surface area contributed by atoms with Crippen LogP contribution in [0.2, 0.25) is 5.02 Å². The van der Waals surface area contributed by atoms with E-state index in [2.05, 4.69) is 10.4 Å². The molecule has 0 unspecified atom stereocenters. The van der Waals surface area contributed by atoms with Crippen LogP contribution in [-0.2, 0) is 5.75 Å². The van der Waals surface area contributed by atoms with Crippen molar-refractivity contribution in [3.8, 4) is 0 Å². The molecule has 3 nitrogen and oxygen atoms in total. The fourth-order valence-corrected chi connectivity index (χ4v) is 2.53. The van der Waals surface area contributed by atoms with Gasteiger partial charge in [0, 0.05) is 16.7 Å². The van der Waals surface area contributed by atoms with E-state index in [1.165, 1.54) is 23.9 Å². The predicted molar refractivity (Wildman–Crippen MR) is 73.0 cm³/mol. The normalized spacial score (nSPS) is 10.5. The zero-order valence-corrected chi connectivity index (χ0v) is 11.2. The van der Waals surface area contributed by atoms with E-state index in [0.717, 1.165) is 6.07 Å². The van der Waals surface area contributed by atoms with Gasteiger partial charge in [-0.25, -0.2) is 19.6 Å². The van der Waals surface area contributed by atoms with Crippen LogP contribution in [0.1, 0.15) is 5.69 Å². The van der Waals surface area contributed by atoms with Gasteiger partial charge >= 0.3 is 0 Å². The molecule has 0 aliphatic rings. The standard InChI is InChI=1S/C12H10ClF2N3S/c13-8-2-4-12(18-16)17-10(8)6-19-11-3-1-7(14)5-9(11)15/h1-5H,6,16H2,(H,17,18). The van der Waals surface area contributed by atoms with Crippen LogP contribution in [-0.4, -0.2) is 4.98 Å². The molecule has 100 valence electrons. The number of anilines is 1. The van der Waals surface area contributed by atoms with Crippen LogP contribution < -0.4 is 11.3 Å². The van der Waals surface area contributed by atoms with Crippen molar-refractivity contribution in [1.82, 2.24) is 4.98 Å². The number of rotatable bonds is 4. The Morgan fingerprint density at radius 1 is 1.26 bits per heavy atom. The average Bonchev–Trinajstić information content (AvgIpc) is 2.39. The summed E-state index contributed by atoms with van der Waals surface area (Å²) >= 11 is 7.17. The van der Waals surface area contributed by atoms with Gasteiger partial charge in [-0.1, -0.05) is 11.6 Å². The van der Waals surface area contributed by atoms with Crippen LogP contribution in [0.5, 0.6) is 0 Å². The number of aromatic nitrogens is 1. The number of hydrogen-bond acceptors (Lipinski definition) is 4. The van der Waals surface area contributed by atoms with Crippen LogP contribution in [0.4, 0.5) is 14.6 Å². The maximum atomic E-state index is 13.5. The molecule has 0 fully saturated rings. The number of thioether (sulfide) groups is 1. The summed E-state index contributed by atoms with van der Waals surface area (Å²) in [5.74, 6) is 4.88. The highest BCUT2D eigenvalue weighted by Crippen LogP contribution is 2.28. The highest BCUT2D eigenvalue weighted by Gasteiger charge is 2.08. The van der Waals surface area contributed by atoms with Gasteiger partial charge in [-0.05, 0) is 24.3 Å². The number of hydrazine groups is 1. The average molecular weight is 302 g/mol. The molecule has 7 heteroatoms. The lowest BCUT2D eigenvalue weighted by Crippen LogP contribution is -2.09. The molecule has 0 bridgehead atoms. The second-order valence-corrected chi connectivity index (χ2v) is 5.06. The van der Waals surface area contributed by atoms with E-state index in [1.54, 1.807) is 12.1 Å².